The number of ether oxygens (including phenoxy) is 1. The second-order valence-corrected chi connectivity index (χ2v) is 4.46. The lowest BCUT2D eigenvalue weighted by Crippen LogP contribution is -2.13. The first-order valence-electron chi connectivity index (χ1n) is 6.23. The largest absolute Gasteiger partial charge is 0.460 e. The highest BCUT2D eigenvalue weighted by molar-refractivity contribution is 5.85. The maximum atomic E-state index is 11.6. The Kier molecular flexibility index (Phi) is 3.71. The van der Waals surface area contributed by atoms with Gasteiger partial charge in [-0.2, -0.15) is 0 Å². The van der Waals surface area contributed by atoms with Gasteiger partial charge in [0.2, 0.25) is 5.82 Å². The zero-order valence-corrected chi connectivity index (χ0v) is 10.4. The summed E-state index contributed by atoms with van der Waals surface area (Å²) >= 11 is 0. The van der Waals surface area contributed by atoms with E-state index in [1.807, 2.05) is 13.0 Å². The summed E-state index contributed by atoms with van der Waals surface area (Å²) < 4.78 is 4.94. The Hall–Kier alpha value is -1.45. The number of hydrogen-bond acceptors (Lipinski definition) is 4. The molecule has 0 bridgehead atoms. The summed E-state index contributed by atoms with van der Waals surface area (Å²) in [6.45, 7) is 4.03. The highest BCUT2D eigenvalue weighted by Gasteiger charge is 2.21. The van der Waals surface area contributed by atoms with Gasteiger partial charge in [-0.15, -0.1) is 0 Å². The van der Waals surface area contributed by atoms with Gasteiger partial charge in [0.1, 0.15) is 0 Å². The maximum absolute atomic E-state index is 11.6. The van der Waals surface area contributed by atoms with Crippen LogP contribution in [0, 0.1) is 6.92 Å². The van der Waals surface area contributed by atoms with Crippen LogP contribution in [-0.4, -0.2) is 22.5 Å². The third-order valence-electron chi connectivity index (χ3n) is 3.11. The Morgan fingerprint density at radius 3 is 2.76 bits per heavy atom. The molecule has 1 fully saturated rings. The Labute approximate surface area is 101 Å². The van der Waals surface area contributed by atoms with Crippen molar-refractivity contribution in [1.29, 1.82) is 0 Å². The fourth-order valence-corrected chi connectivity index (χ4v) is 2.31. The number of hydrogen-bond donors (Lipinski definition) is 0. The van der Waals surface area contributed by atoms with Crippen LogP contribution in [0.2, 0.25) is 0 Å². The van der Waals surface area contributed by atoms with Crippen molar-refractivity contribution in [3.05, 3.63) is 23.3 Å². The molecular formula is C13H18N2O2. The molecule has 2 rings (SSSR count). The van der Waals surface area contributed by atoms with Gasteiger partial charge in [0, 0.05) is 17.3 Å². The standard InChI is InChI=1S/C13H18N2O2/c1-3-17-13(16)12-14-9(2)8-11(15-12)10-6-4-5-7-10/h8,10H,3-7H2,1-2H3. The summed E-state index contributed by atoms with van der Waals surface area (Å²) in [5.74, 6) is 0.272. The summed E-state index contributed by atoms with van der Waals surface area (Å²) in [5.41, 5.74) is 1.84. The normalized spacial score (nSPS) is 16.1. The summed E-state index contributed by atoms with van der Waals surface area (Å²) in [5, 5.41) is 0. The Bertz CT molecular complexity index is 412. The lowest BCUT2D eigenvalue weighted by atomic mass is 10.0. The van der Waals surface area contributed by atoms with Gasteiger partial charge in [-0.3, -0.25) is 0 Å². The van der Waals surface area contributed by atoms with E-state index in [-0.39, 0.29) is 5.82 Å². The van der Waals surface area contributed by atoms with E-state index in [2.05, 4.69) is 9.97 Å². The molecule has 0 aliphatic heterocycles. The third-order valence-corrected chi connectivity index (χ3v) is 3.11. The Morgan fingerprint density at radius 1 is 1.41 bits per heavy atom. The first-order chi connectivity index (χ1) is 8.20. The molecule has 1 aromatic rings. The molecule has 1 aromatic heterocycles. The number of carbonyl (C=O) groups is 1. The highest BCUT2D eigenvalue weighted by atomic mass is 16.5. The average Bonchev–Trinajstić information content (AvgIpc) is 2.82. The molecule has 17 heavy (non-hydrogen) atoms. The third kappa shape index (κ3) is 2.81. The first-order valence-corrected chi connectivity index (χ1v) is 6.23. The zero-order valence-electron chi connectivity index (χ0n) is 10.4. The van der Waals surface area contributed by atoms with Crippen molar-refractivity contribution >= 4 is 5.97 Å². The highest BCUT2D eigenvalue weighted by Crippen LogP contribution is 2.33. The maximum Gasteiger partial charge on any atom is 0.376 e. The fourth-order valence-electron chi connectivity index (χ4n) is 2.31. The van der Waals surface area contributed by atoms with Crippen molar-refractivity contribution in [2.75, 3.05) is 6.61 Å². The van der Waals surface area contributed by atoms with Crippen molar-refractivity contribution in [2.24, 2.45) is 0 Å². The van der Waals surface area contributed by atoms with Crippen LogP contribution < -0.4 is 0 Å². The lowest BCUT2D eigenvalue weighted by molar-refractivity contribution is 0.0511. The first kappa shape index (κ1) is 12.0. The molecule has 1 saturated carbocycles. The van der Waals surface area contributed by atoms with Gasteiger partial charge < -0.3 is 4.74 Å². The lowest BCUT2D eigenvalue weighted by Gasteiger charge is -2.10. The Balaban J connectivity index is 2.25. The monoisotopic (exact) mass is 234 g/mol. The smallest absolute Gasteiger partial charge is 0.376 e. The van der Waals surface area contributed by atoms with Crippen LogP contribution in [0.25, 0.3) is 0 Å². The van der Waals surface area contributed by atoms with E-state index in [0.717, 1.165) is 11.4 Å². The summed E-state index contributed by atoms with van der Waals surface area (Å²) in [4.78, 5) is 20.1. The van der Waals surface area contributed by atoms with Gasteiger partial charge in [0.05, 0.1) is 6.61 Å². The molecule has 0 atom stereocenters. The number of nitrogens with zero attached hydrogens (tertiary/aromatic N) is 2. The van der Waals surface area contributed by atoms with E-state index in [4.69, 9.17) is 4.74 Å². The van der Waals surface area contributed by atoms with E-state index in [1.165, 1.54) is 25.7 Å². The van der Waals surface area contributed by atoms with E-state index in [1.54, 1.807) is 6.92 Å². The van der Waals surface area contributed by atoms with Crippen molar-refractivity contribution in [3.63, 3.8) is 0 Å². The van der Waals surface area contributed by atoms with Crippen molar-refractivity contribution in [1.82, 2.24) is 9.97 Å². The van der Waals surface area contributed by atoms with E-state index in [0.29, 0.717) is 12.5 Å². The molecule has 1 heterocycles. The zero-order chi connectivity index (χ0) is 12.3. The van der Waals surface area contributed by atoms with Crippen LogP contribution in [0.3, 0.4) is 0 Å². The molecule has 0 spiro atoms. The fraction of sp³-hybridized carbons (Fsp3) is 0.615. The quantitative estimate of drug-likeness (QED) is 0.754. The van der Waals surface area contributed by atoms with Crippen molar-refractivity contribution in [3.8, 4) is 0 Å². The van der Waals surface area contributed by atoms with Gasteiger partial charge >= 0.3 is 5.97 Å². The average molecular weight is 234 g/mol. The van der Waals surface area contributed by atoms with Crippen LogP contribution in [0.15, 0.2) is 6.07 Å². The van der Waals surface area contributed by atoms with Crippen molar-refractivity contribution < 1.29 is 9.53 Å². The number of carbonyl (C=O) groups excluding carboxylic acids is 1. The minimum Gasteiger partial charge on any atom is -0.460 e. The molecule has 0 aromatic carbocycles. The van der Waals surface area contributed by atoms with Gasteiger partial charge in [0.25, 0.3) is 0 Å². The number of esters is 1. The summed E-state index contributed by atoms with van der Waals surface area (Å²) in [6.07, 6.45) is 4.84. The molecule has 0 N–H and O–H groups in total. The summed E-state index contributed by atoms with van der Waals surface area (Å²) in [6, 6.07) is 1.98. The van der Waals surface area contributed by atoms with Crippen LogP contribution in [0.5, 0.6) is 0 Å². The van der Waals surface area contributed by atoms with Gasteiger partial charge in [0.15, 0.2) is 0 Å². The van der Waals surface area contributed by atoms with Gasteiger partial charge in [-0.1, -0.05) is 12.8 Å². The second kappa shape index (κ2) is 5.25. The minimum absolute atomic E-state index is 0.203. The van der Waals surface area contributed by atoms with Crippen molar-refractivity contribution in [2.45, 2.75) is 45.4 Å². The van der Waals surface area contributed by atoms with Crippen LogP contribution in [0.1, 0.15) is 60.5 Å². The molecular weight excluding hydrogens is 216 g/mol. The van der Waals surface area contributed by atoms with E-state index < -0.39 is 5.97 Å². The molecule has 0 radical (unpaired) electrons. The molecule has 0 amide bonds. The predicted octanol–water partition coefficient (Wildman–Crippen LogP) is 2.62. The molecule has 0 unspecified atom stereocenters. The molecule has 4 heteroatoms. The minimum atomic E-state index is -0.421. The molecule has 4 nitrogen and oxygen atoms in total. The van der Waals surface area contributed by atoms with Crippen LogP contribution in [-0.2, 0) is 4.74 Å². The van der Waals surface area contributed by atoms with Crippen LogP contribution in [0.4, 0.5) is 0 Å². The number of aryl methyl sites for hydroxylation is 1. The van der Waals surface area contributed by atoms with Crippen LogP contribution >= 0.6 is 0 Å². The number of aromatic nitrogens is 2. The number of rotatable bonds is 3. The molecule has 92 valence electrons. The molecule has 1 aliphatic rings. The Morgan fingerprint density at radius 2 is 2.12 bits per heavy atom. The van der Waals surface area contributed by atoms with E-state index >= 15 is 0 Å². The molecule has 1 aliphatic carbocycles. The molecule has 0 saturated heterocycles. The summed E-state index contributed by atoms with van der Waals surface area (Å²) in [7, 11) is 0. The van der Waals surface area contributed by atoms with E-state index in [9.17, 15) is 4.79 Å². The van der Waals surface area contributed by atoms with Gasteiger partial charge in [-0.25, -0.2) is 14.8 Å². The topological polar surface area (TPSA) is 52.1 Å². The second-order valence-electron chi connectivity index (χ2n) is 4.46. The predicted molar refractivity (Wildman–Crippen MR) is 63.9 cm³/mol. The SMILES string of the molecule is CCOC(=O)c1nc(C)cc(C2CCCC2)n1. The van der Waals surface area contributed by atoms with Gasteiger partial charge in [-0.05, 0) is 32.8 Å².